The van der Waals surface area contributed by atoms with Gasteiger partial charge >= 0.3 is 0 Å². The number of rotatable bonds is 5. The summed E-state index contributed by atoms with van der Waals surface area (Å²) in [5.41, 5.74) is 11.4. The predicted octanol–water partition coefficient (Wildman–Crippen LogP) is 4.25. The maximum absolute atomic E-state index is 6.36. The number of nitrogens with zero attached hydrogens (tertiary/aromatic N) is 1. The zero-order valence-electron chi connectivity index (χ0n) is 13.5. The van der Waals surface area contributed by atoms with Crippen LogP contribution in [-0.2, 0) is 0 Å². The van der Waals surface area contributed by atoms with Crippen molar-refractivity contribution in [1.82, 2.24) is 0 Å². The predicted molar refractivity (Wildman–Crippen MR) is 91.9 cm³/mol. The van der Waals surface area contributed by atoms with E-state index in [1.807, 2.05) is 0 Å². The molecule has 0 radical (unpaired) electrons. The first kappa shape index (κ1) is 15.6. The van der Waals surface area contributed by atoms with Crippen LogP contribution in [0.4, 0.5) is 5.69 Å². The second-order valence-corrected chi connectivity index (χ2v) is 6.15. The highest BCUT2D eigenvalue weighted by Crippen LogP contribution is 2.20. The smallest absolute Gasteiger partial charge is 0.0473 e. The average Bonchev–Trinajstić information content (AvgIpc) is 2.47. The molecule has 2 nitrogen and oxygen atoms in total. The molecule has 21 heavy (non-hydrogen) atoms. The van der Waals surface area contributed by atoms with Crippen molar-refractivity contribution in [3.63, 3.8) is 0 Å². The topological polar surface area (TPSA) is 29.3 Å². The largest absolute Gasteiger partial charge is 0.373 e. The lowest BCUT2D eigenvalue weighted by Crippen LogP contribution is -2.29. The number of aryl methyl sites for hydroxylation is 1. The van der Waals surface area contributed by atoms with Crippen LogP contribution in [0.3, 0.4) is 0 Å². The summed E-state index contributed by atoms with van der Waals surface area (Å²) >= 11 is 0. The highest BCUT2D eigenvalue weighted by Gasteiger charge is 2.10. The Morgan fingerprint density at radius 2 is 1.62 bits per heavy atom. The van der Waals surface area contributed by atoms with Crippen LogP contribution in [0, 0.1) is 6.92 Å². The minimum absolute atomic E-state index is 0.0247. The van der Waals surface area contributed by atoms with Gasteiger partial charge in [0, 0.05) is 25.3 Å². The normalized spacial score (nSPS) is 12.5. The molecule has 0 spiro atoms. The van der Waals surface area contributed by atoms with E-state index in [4.69, 9.17) is 5.73 Å². The molecule has 1 unspecified atom stereocenters. The van der Waals surface area contributed by atoms with E-state index in [0.29, 0.717) is 5.92 Å². The first-order valence-corrected chi connectivity index (χ1v) is 7.60. The third kappa shape index (κ3) is 4.08. The van der Waals surface area contributed by atoms with E-state index in [9.17, 15) is 0 Å². The van der Waals surface area contributed by atoms with E-state index >= 15 is 0 Å². The summed E-state index contributed by atoms with van der Waals surface area (Å²) in [5.74, 6) is 0.560. The third-order valence-electron chi connectivity index (χ3n) is 3.94. The molecule has 0 saturated carbocycles. The van der Waals surface area contributed by atoms with Crippen LogP contribution in [0.5, 0.6) is 0 Å². The van der Waals surface area contributed by atoms with Gasteiger partial charge in [-0.15, -0.1) is 0 Å². The van der Waals surface area contributed by atoms with Gasteiger partial charge in [0.1, 0.15) is 0 Å². The van der Waals surface area contributed by atoms with Crippen LogP contribution in [0.2, 0.25) is 0 Å². The molecule has 0 saturated heterocycles. The Bertz CT molecular complexity index is 572. The fraction of sp³-hybridized carbons (Fsp3) is 0.368. The van der Waals surface area contributed by atoms with Crippen LogP contribution >= 0.6 is 0 Å². The molecule has 2 N–H and O–H groups in total. The molecule has 2 aromatic rings. The van der Waals surface area contributed by atoms with Crippen molar-refractivity contribution in [2.75, 3.05) is 18.5 Å². The number of hydrogen-bond acceptors (Lipinski definition) is 2. The van der Waals surface area contributed by atoms with Crippen molar-refractivity contribution in [1.29, 1.82) is 0 Å². The summed E-state index contributed by atoms with van der Waals surface area (Å²) in [7, 11) is 2.09. The fourth-order valence-corrected chi connectivity index (χ4v) is 2.50. The molecule has 1 atom stereocenters. The van der Waals surface area contributed by atoms with Gasteiger partial charge in [0.15, 0.2) is 0 Å². The van der Waals surface area contributed by atoms with E-state index in [1.165, 1.54) is 22.4 Å². The summed E-state index contributed by atoms with van der Waals surface area (Å²) in [5, 5.41) is 0. The van der Waals surface area contributed by atoms with Crippen LogP contribution < -0.4 is 10.6 Å². The molecular formula is C19H26N2. The molecule has 0 aromatic heterocycles. The Hall–Kier alpha value is -1.80. The number of anilines is 1. The summed E-state index contributed by atoms with van der Waals surface area (Å²) < 4.78 is 0. The lowest BCUT2D eigenvalue weighted by molar-refractivity contribution is 0.702. The van der Waals surface area contributed by atoms with E-state index in [2.05, 4.69) is 81.2 Å². The highest BCUT2D eigenvalue weighted by atomic mass is 15.1. The Balaban J connectivity index is 2.05. The number of nitrogens with two attached hydrogens (primary N) is 1. The van der Waals surface area contributed by atoms with E-state index in [0.717, 1.165) is 6.54 Å². The third-order valence-corrected chi connectivity index (χ3v) is 3.94. The van der Waals surface area contributed by atoms with Gasteiger partial charge in [0.2, 0.25) is 0 Å². The minimum atomic E-state index is 0.0247. The highest BCUT2D eigenvalue weighted by molar-refractivity contribution is 5.48. The summed E-state index contributed by atoms with van der Waals surface area (Å²) in [6.07, 6.45) is 0. The Kier molecular flexibility index (Phi) is 5.03. The molecule has 2 aromatic carbocycles. The molecule has 0 heterocycles. The van der Waals surface area contributed by atoms with Crippen LogP contribution in [0.1, 0.15) is 42.5 Å². The van der Waals surface area contributed by atoms with Gasteiger partial charge in [-0.25, -0.2) is 0 Å². The van der Waals surface area contributed by atoms with Gasteiger partial charge in [-0.05, 0) is 41.7 Å². The van der Waals surface area contributed by atoms with E-state index in [1.54, 1.807) is 0 Å². The zero-order valence-corrected chi connectivity index (χ0v) is 13.5. The lowest BCUT2D eigenvalue weighted by atomic mass is 9.99. The zero-order chi connectivity index (χ0) is 15.4. The molecule has 2 rings (SSSR count). The van der Waals surface area contributed by atoms with Gasteiger partial charge in [-0.1, -0.05) is 50.2 Å². The summed E-state index contributed by atoms with van der Waals surface area (Å²) in [4.78, 5) is 2.22. The van der Waals surface area contributed by atoms with Crippen molar-refractivity contribution in [3.8, 4) is 0 Å². The second-order valence-electron chi connectivity index (χ2n) is 6.15. The summed E-state index contributed by atoms with van der Waals surface area (Å²) in [6.45, 7) is 7.34. The lowest BCUT2D eigenvalue weighted by Gasteiger charge is -2.24. The van der Waals surface area contributed by atoms with E-state index < -0.39 is 0 Å². The molecule has 0 aliphatic carbocycles. The van der Waals surface area contributed by atoms with Gasteiger partial charge in [-0.2, -0.15) is 0 Å². The fourth-order valence-electron chi connectivity index (χ4n) is 2.50. The number of likely N-dealkylation sites (N-methyl/N-ethyl adjacent to an activating group) is 1. The first-order chi connectivity index (χ1) is 9.97. The van der Waals surface area contributed by atoms with Crippen LogP contribution in [-0.4, -0.2) is 13.6 Å². The summed E-state index contributed by atoms with van der Waals surface area (Å²) in [6, 6.07) is 17.2. The number of benzene rings is 2. The van der Waals surface area contributed by atoms with Crippen molar-refractivity contribution >= 4 is 5.69 Å². The molecule has 0 aliphatic rings. The van der Waals surface area contributed by atoms with Crippen LogP contribution in [0.25, 0.3) is 0 Å². The van der Waals surface area contributed by atoms with Gasteiger partial charge < -0.3 is 10.6 Å². The average molecular weight is 282 g/mol. The Labute approximate surface area is 128 Å². The second kappa shape index (κ2) is 6.77. The van der Waals surface area contributed by atoms with Crippen molar-refractivity contribution in [2.24, 2.45) is 5.73 Å². The van der Waals surface area contributed by atoms with Gasteiger partial charge in [0.25, 0.3) is 0 Å². The van der Waals surface area contributed by atoms with Gasteiger partial charge in [-0.3, -0.25) is 0 Å². The maximum Gasteiger partial charge on any atom is 0.0473 e. The molecule has 0 amide bonds. The molecular weight excluding hydrogens is 256 g/mol. The molecule has 2 heteroatoms. The molecule has 0 aliphatic heterocycles. The van der Waals surface area contributed by atoms with Crippen LogP contribution in [0.15, 0.2) is 48.5 Å². The van der Waals surface area contributed by atoms with Gasteiger partial charge in [0.05, 0.1) is 0 Å². The minimum Gasteiger partial charge on any atom is -0.373 e. The van der Waals surface area contributed by atoms with Crippen molar-refractivity contribution in [3.05, 3.63) is 65.2 Å². The van der Waals surface area contributed by atoms with E-state index in [-0.39, 0.29) is 6.04 Å². The number of hydrogen-bond donors (Lipinski definition) is 1. The first-order valence-electron chi connectivity index (χ1n) is 7.60. The van der Waals surface area contributed by atoms with Crippen molar-refractivity contribution in [2.45, 2.75) is 32.7 Å². The molecule has 0 bridgehead atoms. The molecule has 0 fully saturated rings. The Morgan fingerprint density at radius 3 is 2.19 bits per heavy atom. The quantitative estimate of drug-likeness (QED) is 0.888. The Morgan fingerprint density at radius 1 is 1.00 bits per heavy atom. The van der Waals surface area contributed by atoms with Crippen molar-refractivity contribution < 1.29 is 0 Å². The molecule has 112 valence electrons. The SMILES string of the molecule is Cc1cccc(N(C)CC(N)c2ccc(C(C)C)cc2)c1. The standard InChI is InChI=1S/C19H26N2/c1-14(2)16-8-10-17(11-9-16)19(20)13-21(4)18-7-5-6-15(3)12-18/h5-12,14,19H,13,20H2,1-4H3. The maximum atomic E-state index is 6.36. The monoisotopic (exact) mass is 282 g/mol.